The maximum atomic E-state index is 4.34. The monoisotopic (exact) mass is 251 g/mol. The number of nitrogens with zero attached hydrogens (tertiary/aromatic N) is 4. The molecule has 17 heavy (non-hydrogen) atoms. The lowest BCUT2D eigenvalue weighted by molar-refractivity contribution is 0.684. The molecule has 6 heteroatoms. The molecule has 2 aromatic heterocycles. The number of imidazole rings is 1. The molecule has 1 N–H and O–H groups in total. The van der Waals surface area contributed by atoms with Gasteiger partial charge in [-0.1, -0.05) is 25.2 Å². The van der Waals surface area contributed by atoms with Crippen molar-refractivity contribution in [1.29, 1.82) is 0 Å². The second kappa shape index (κ2) is 5.77. The third-order valence-corrected chi connectivity index (χ3v) is 3.20. The number of aromatic nitrogens is 4. The quantitative estimate of drug-likeness (QED) is 0.857. The minimum absolute atomic E-state index is 0.868. The van der Waals surface area contributed by atoms with Crippen molar-refractivity contribution in [3.05, 3.63) is 12.4 Å². The van der Waals surface area contributed by atoms with E-state index in [0.29, 0.717) is 0 Å². The lowest BCUT2D eigenvalue weighted by atomic mass is 10.4. The Kier molecular flexibility index (Phi) is 4.08. The molecule has 0 spiro atoms. The molecule has 0 aliphatic carbocycles. The molecule has 0 atom stereocenters. The van der Waals surface area contributed by atoms with Crippen molar-refractivity contribution in [2.24, 2.45) is 0 Å². The van der Waals surface area contributed by atoms with Gasteiger partial charge in [-0.15, -0.1) is 10.2 Å². The lowest BCUT2D eigenvalue weighted by Crippen LogP contribution is -1.98. The van der Waals surface area contributed by atoms with Crippen molar-refractivity contribution < 1.29 is 0 Å². The van der Waals surface area contributed by atoms with Gasteiger partial charge in [-0.25, -0.2) is 4.98 Å². The van der Waals surface area contributed by atoms with Crippen molar-refractivity contribution in [2.75, 3.05) is 11.9 Å². The van der Waals surface area contributed by atoms with E-state index < -0.39 is 0 Å². The standard InChI is InChI=1S/C11H17N5S/c1-3-5-13-11-15-14-10(17-11)9-12-6-8-16(9)7-4-2/h6,8H,3-5,7H2,1-2H3,(H,13,15). The van der Waals surface area contributed by atoms with Gasteiger partial charge in [0.15, 0.2) is 10.8 Å². The smallest absolute Gasteiger partial charge is 0.206 e. The summed E-state index contributed by atoms with van der Waals surface area (Å²) in [6.45, 7) is 6.17. The van der Waals surface area contributed by atoms with E-state index >= 15 is 0 Å². The summed E-state index contributed by atoms with van der Waals surface area (Å²) in [6.07, 6.45) is 5.97. The molecule has 0 amide bonds. The van der Waals surface area contributed by atoms with E-state index in [0.717, 1.165) is 41.9 Å². The van der Waals surface area contributed by atoms with Crippen LogP contribution in [0, 0.1) is 0 Å². The molecule has 2 rings (SSSR count). The number of hydrogen-bond donors (Lipinski definition) is 1. The van der Waals surface area contributed by atoms with E-state index in [1.807, 2.05) is 12.4 Å². The van der Waals surface area contributed by atoms with Crippen LogP contribution in [-0.2, 0) is 6.54 Å². The van der Waals surface area contributed by atoms with Crippen LogP contribution in [0.5, 0.6) is 0 Å². The fourth-order valence-corrected chi connectivity index (χ4v) is 2.33. The molecule has 5 nitrogen and oxygen atoms in total. The molecule has 0 saturated carbocycles. The highest BCUT2D eigenvalue weighted by Gasteiger charge is 2.11. The zero-order chi connectivity index (χ0) is 12.1. The number of rotatable bonds is 6. The SMILES string of the molecule is CCCNc1nnc(-c2nccn2CCC)s1. The number of nitrogens with one attached hydrogen (secondary N) is 1. The van der Waals surface area contributed by atoms with Gasteiger partial charge in [-0.3, -0.25) is 0 Å². The van der Waals surface area contributed by atoms with E-state index in [1.165, 1.54) is 0 Å². The van der Waals surface area contributed by atoms with Crippen LogP contribution in [-0.4, -0.2) is 26.3 Å². The van der Waals surface area contributed by atoms with Gasteiger partial charge in [0.1, 0.15) is 0 Å². The van der Waals surface area contributed by atoms with Gasteiger partial charge in [-0.05, 0) is 12.8 Å². The zero-order valence-corrected chi connectivity index (χ0v) is 11.0. The third kappa shape index (κ3) is 2.82. The highest BCUT2D eigenvalue weighted by atomic mass is 32.1. The molecule has 0 saturated heterocycles. The zero-order valence-electron chi connectivity index (χ0n) is 10.2. The third-order valence-electron chi connectivity index (χ3n) is 2.32. The van der Waals surface area contributed by atoms with Crippen molar-refractivity contribution in [2.45, 2.75) is 33.2 Å². The fraction of sp³-hybridized carbons (Fsp3) is 0.545. The molecule has 92 valence electrons. The largest absolute Gasteiger partial charge is 0.360 e. The molecule has 0 aliphatic heterocycles. The molecule has 2 aromatic rings. The van der Waals surface area contributed by atoms with E-state index in [2.05, 4.69) is 38.9 Å². The van der Waals surface area contributed by atoms with Crippen LogP contribution in [0.2, 0.25) is 0 Å². The molecule has 0 bridgehead atoms. The predicted octanol–water partition coefficient (Wildman–Crippen LogP) is 2.63. The first-order valence-electron chi connectivity index (χ1n) is 5.94. The summed E-state index contributed by atoms with van der Waals surface area (Å²) < 4.78 is 2.12. The first-order valence-corrected chi connectivity index (χ1v) is 6.75. The molecule has 0 aliphatic rings. The summed E-state index contributed by atoms with van der Waals surface area (Å²) in [7, 11) is 0. The highest BCUT2D eigenvalue weighted by molar-refractivity contribution is 7.18. The Balaban J connectivity index is 2.15. The van der Waals surface area contributed by atoms with Crippen LogP contribution >= 0.6 is 11.3 Å². The fourth-order valence-electron chi connectivity index (χ4n) is 1.55. The second-order valence-electron chi connectivity index (χ2n) is 3.78. The first-order chi connectivity index (χ1) is 8.35. The van der Waals surface area contributed by atoms with Crippen molar-refractivity contribution >= 4 is 16.5 Å². The first kappa shape index (κ1) is 12.0. The summed E-state index contributed by atoms with van der Waals surface area (Å²) in [5, 5.41) is 13.3. The van der Waals surface area contributed by atoms with Gasteiger partial charge in [0.05, 0.1) is 0 Å². The topological polar surface area (TPSA) is 55.6 Å². The average Bonchev–Trinajstić information content (AvgIpc) is 2.95. The Labute approximate surface area is 105 Å². The molecule has 0 radical (unpaired) electrons. The minimum Gasteiger partial charge on any atom is -0.360 e. The van der Waals surface area contributed by atoms with E-state index in [4.69, 9.17) is 0 Å². The highest BCUT2D eigenvalue weighted by Crippen LogP contribution is 2.25. The van der Waals surface area contributed by atoms with Crippen molar-refractivity contribution in [3.8, 4) is 10.8 Å². The van der Waals surface area contributed by atoms with Crippen molar-refractivity contribution in [1.82, 2.24) is 19.7 Å². The Hall–Kier alpha value is -1.43. The molecule has 0 fully saturated rings. The number of aryl methyl sites for hydroxylation is 1. The predicted molar refractivity (Wildman–Crippen MR) is 70.2 cm³/mol. The molecule has 2 heterocycles. The molecule has 0 aromatic carbocycles. The average molecular weight is 251 g/mol. The normalized spacial score (nSPS) is 10.7. The lowest BCUT2D eigenvalue weighted by Gasteiger charge is -2.01. The van der Waals surface area contributed by atoms with E-state index in [-0.39, 0.29) is 0 Å². The van der Waals surface area contributed by atoms with Crippen LogP contribution in [0.25, 0.3) is 10.8 Å². The minimum atomic E-state index is 0.868. The van der Waals surface area contributed by atoms with Gasteiger partial charge < -0.3 is 9.88 Å². The van der Waals surface area contributed by atoms with Crippen LogP contribution in [0.15, 0.2) is 12.4 Å². The van der Waals surface area contributed by atoms with Crippen molar-refractivity contribution in [3.63, 3.8) is 0 Å². The van der Waals surface area contributed by atoms with E-state index in [1.54, 1.807) is 11.3 Å². The van der Waals surface area contributed by atoms with Crippen LogP contribution in [0.4, 0.5) is 5.13 Å². The summed E-state index contributed by atoms with van der Waals surface area (Å²) >= 11 is 1.55. The van der Waals surface area contributed by atoms with Crippen LogP contribution < -0.4 is 5.32 Å². The van der Waals surface area contributed by atoms with Crippen LogP contribution in [0.3, 0.4) is 0 Å². The number of hydrogen-bond acceptors (Lipinski definition) is 5. The second-order valence-corrected chi connectivity index (χ2v) is 4.76. The van der Waals surface area contributed by atoms with Gasteiger partial charge >= 0.3 is 0 Å². The molecular weight excluding hydrogens is 234 g/mol. The van der Waals surface area contributed by atoms with Gasteiger partial charge in [-0.2, -0.15) is 0 Å². The van der Waals surface area contributed by atoms with E-state index in [9.17, 15) is 0 Å². The molecule has 0 unspecified atom stereocenters. The maximum Gasteiger partial charge on any atom is 0.206 e. The molecular formula is C11H17N5S. The summed E-state index contributed by atoms with van der Waals surface area (Å²) in [6, 6.07) is 0. The van der Waals surface area contributed by atoms with Gasteiger partial charge in [0.25, 0.3) is 0 Å². The number of anilines is 1. The summed E-state index contributed by atoms with van der Waals surface area (Å²) in [5.41, 5.74) is 0. The van der Waals surface area contributed by atoms with Gasteiger partial charge in [0, 0.05) is 25.5 Å². The Morgan fingerprint density at radius 3 is 2.94 bits per heavy atom. The Bertz CT molecular complexity index is 462. The summed E-state index contributed by atoms with van der Waals surface area (Å²) in [5.74, 6) is 0.911. The maximum absolute atomic E-state index is 4.34. The Morgan fingerprint density at radius 2 is 2.18 bits per heavy atom. The van der Waals surface area contributed by atoms with Gasteiger partial charge in [0.2, 0.25) is 5.13 Å². The Morgan fingerprint density at radius 1 is 1.29 bits per heavy atom. The van der Waals surface area contributed by atoms with Crippen LogP contribution in [0.1, 0.15) is 26.7 Å². The summed E-state index contributed by atoms with van der Waals surface area (Å²) in [4.78, 5) is 4.34.